The fourth-order valence-corrected chi connectivity index (χ4v) is 5.33. The summed E-state index contributed by atoms with van der Waals surface area (Å²) in [6, 6.07) is 15.3. The summed E-state index contributed by atoms with van der Waals surface area (Å²) in [5.74, 6) is -3.10. The van der Waals surface area contributed by atoms with E-state index in [0.717, 1.165) is 29.2 Å². The fourth-order valence-electron chi connectivity index (χ4n) is 3.81. The van der Waals surface area contributed by atoms with Crippen LogP contribution in [0.4, 0.5) is 13.2 Å². The Kier molecular flexibility index (Phi) is 7.14. The fraction of sp³-hybridized carbons (Fsp3) is 0.160. The van der Waals surface area contributed by atoms with Crippen molar-refractivity contribution in [3.05, 3.63) is 83.9 Å². The second-order valence-corrected chi connectivity index (χ2v) is 10.2. The number of nitrogens with zero attached hydrogens (tertiary/aromatic N) is 1. The van der Waals surface area contributed by atoms with Crippen molar-refractivity contribution >= 4 is 27.6 Å². The summed E-state index contributed by atoms with van der Waals surface area (Å²) in [6.07, 6.45) is -5.38. The standard InChI is InChI=1S/C25H18F3NO8S/c26-25(27,28)37-17-7-5-15(6-8-17)36-16-9-11-18(12-10-16)38(34,35)21(24(32)33)13-14-29-22(30)19-3-1-2-4-20(19)23(29)31/h1-12,21H,13-14H2,(H,32,33). The molecule has 0 fully saturated rings. The molecule has 1 aliphatic rings. The van der Waals surface area contributed by atoms with Crippen LogP contribution in [0.2, 0.25) is 0 Å². The predicted octanol–water partition coefficient (Wildman–Crippen LogP) is 4.29. The van der Waals surface area contributed by atoms with Crippen LogP contribution in [0.3, 0.4) is 0 Å². The molecular formula is C25H18F3NO8S. The molecule has 38 heavy (non-hydrogen) atoms. The van der Waals surface area contributed by atoms with Gasteiger partial charge in [0.25, 0.3) is 11.8 Å². The molecule has 0 saturated heterocycles. The van der Waals surface area contributed by atoms with Crippen LogP contribution in [-0.4, -0.2) is 54.4 Å². The lowest BCUT2D eigenvalue weighted by Crippen LogP contribution is -2.37. The minimum absolute atomic E-state index is 0.131. The van der Waals surface area contributed by atoms with Gasteiger partial charge in [-0.3, -0.25) is 19.3 Å². The number of sulfone groups is 1. The molecule has 1 atom stereocenters. The van der Waals surface area contributed by atoms with Gasteiger partial charge >= 0.3 is 12.3 Å². The number of carboxylic acids is 1. The molecule has 0 radical (unpaired) electrons. The highest BCUT2D eigenvalue weighted by molar-refractivity contribution is 7.92. The van der Waals surface area contributed by atoms with Gasteiger partial charge in [0.05, 0.1) is 16.0 Å². The SMILES string of the molecule is O=C(O)C(CCN1C(=O)c2ccccc2C1=O)S(=O)(=O)c1ccc(Oc2ccc(OC(F)(F)F)cc2)cc1. The number of benzene rings is 3. The molecule has 198 valence electrons. The molecule has 13 heteroatoms. The molecule has 9 nitrogen and oxygen atoms in total. The van der Waals surface area contributed by atoms with E-state index < -0.39 is 57.9 Å². The predicted molar refractivity (Wildman–Crippen MR) is 125 cm³/mol. The second kappa shape index (κ2) is 10.2. The number of alkyl halides is 3. The number of rotatable bonds is 9. The number of imide groups is 1. The Labute approximate surface area is 213 Å². The average molecular weight is 549 g/mol. The smallest absolute Gasteiger partial charge is 0.480 e. The van der Waals surface area contributed by atoms with Crippen molar-refractivity contribution in [1.82, 2.24) is 4.90 Å². The van der Waals surface area contributed by atoms with Gasteiger partial charge in [-0.15, -0.1) is 13.2 Å². The van der Waals surface area contributed by atoms with E-state index in [-0.39, 0.29) is 27.5 Å². The zero-order valence-electron chi connectivity index (χ0n) is 19.2. The van der Waals surface area contributed by atoms with Gasteiger partial charge in [-0.25, -0.2) is 8.42 Å². The third-order valence-electron chi connectivity index (χ3n) is 5.59. The van der Waals surface area contributed by atoms with E-state index in [1.54, 1.807) is 12.1 Å². The highest BCUT2D eigenvalue weighted by Gasteiger charge is 2.39. The van der Waals surface area contributed by atoms with Crippen LogP contribution in [0.5, 0.6) is 17.2 Å². The summed E-state index contributed by atoms with van der Waals surface area (Å²) in [6.45, 7) is -0.419. The van der Waals surface area contributed by atoms with E-state index in [1.165, 1.54) is 36.4 Å². The molecule has 0 spiro atoms. The maximum atomic E-state index is 13.1. The monoisotopic (exact) mass is 549 g/mol. The van der Waals surface area contributed by atoms with E-state index in [0.29, 0.717) is 0 Å². The summed E-state index contributed by atoms with van der Waals surface area (Å²) in [5.41, 5.74) is 0.315. The van der Waals surface area contributed by atoms with Gasteiger partial charge in [0.1, 0.15) is 17.2 Å². The van der Waals surface area contributed by atoms with Crippen molar-refractivity contribution in [2.45, 2.75) is 22.9 Å². The molecule has 4 rings (SSSR count). The minimum Gasteiger partial charge on any atom is -0.480 e. The summed E-state index contributed by atoms with van der Waals surface area (Å²) >= 11 is 0. The quantitative estimate of drug-likeness (QED) is 0.392. The normalized spacial score (nSPS) is 14.2. The number of aliphatic carboxylic acids is 1. The maximum Gasteiger partial charge on any atom is 0.573 e. The Hall–Kier alpha value is -4.39. The van der Waals surface area contributed by atoms with Crippen LogP contribution < -0.4 is 9.47 Å². The Morgan fingerprint density at radius 2 is 1.32 bits per heavy atom. The van der Waals surface area contributed by atoms with Crippen molar-refractivity contribution in [3.63, 3.8) is 0 Å². The second-order valence-electron chi connectivity index (χ2n) is 8.06. The van der Waals surface area contributed by atoms with Crippen LogP contribution >= 0.6 is 0 Å². The van der Waals surface area contributed by atoms with Gasteiger partial charge in [-0.1, -0.05) is 12.1 Å². The van der Waals surface area contributed by atoms with Gasteiger partial charge in [-0.2, -0.15) is 0 Å². The Bertz CT molecular complexity index is 1450. The summed E-state index contributed by atoms with van der Waals surface area (Å²) in [5, 5.41) is 7.67. The van der Waals surface area contributed by atoms with Crippen LogP contribution in [-0.2, 0) is 14.6 Å². The first kappa shape index (κ1) is 26.7. The van der Waals surface area contributed by atoms with E-state index in [9.17, 15) is 41.1 Å². The highest BCUT2D eigenvalue weighted by atomic mass is 32.2. The molecule has 2 amide bonds. The number of carboxylic acid groups (broad SMARTS) is 1. The first-order chi connectivity index (χ1) is 17.9. The van der Waals surface area contributed by atoms with Crippen molar-refractivity contribution in [3.8, 4) is 17.2 Å². The van der Waals surface area contributed by atoms with Crippen molar-refractivity contribution in [2.24, 2.45) is 0 Å². The lowest BCUT2D eigenvalue weighted by molar-refractivity contribution is -0.274. The number of ether oxygens (including phenoxy) is 2. The number of hydrogen-bond acceptors (Lipinski definition) is 7. The van der Waals surface area contributed by atoms with Crippen LogP contribution in [0.15, 0.2) is 77.7 Å². The van der Waals surface area contributed by atoms with Gasteiger partial charge in [0.2, 0.25) is 0 Å². The van der Waals surface area contributed by atoms with E-state index in [1.807, 2.05) is 0 Å². The van der Waals surface area contributed by atoms with Gasteiger partial charge in [0, 0.05) is 6.54 Å². The molecule has 3 aromatic carbocycles. The molecule has 0 bridgehead atoms. The molecule has 3 aromatic rings. The number of carbonyl (C=O) groups excluding carboxylic acids is 2. The molecule has 1 N–H and O–H groups in total. The summed E-state index contributed by atoms with van der Waals surface area (Å²) in [7, 11) is -4.43. The maximum absolute atomic E-state index is 13.1. The molecule has 1 unspecified atom stereocenters. The number of amides is 2. The molecule has 0 aromatic heterocycles. The molecule has 0 aliphatic carbocycles. The minimum atomic E-state index is -4.85. The first-order valence-electron chi connectivity index (χ1n) is 10.9. The van der Waals surface area contributed by atoms with Gasteiger partial charge in [-0.05, 0) is 67.1 Å². The zero-order valence-corrected chi connectivity index (χ0v) is 20.0. The summed E-state index contributed by atoms with van der Waals surface area (Å²) < 4.78 is 72.2. The van der Waals surface area contributed by atoms with Crippen LogP contribution in [0, 0.1) is 0 Å². The topological polar surface area (TPSA) is 127 Å². The third-order valence-corrected chi connectivity index (χ3v) is 7.70. The third kappa shape index (κ3) is 5.62. The molecule has 1 heterocycles. The zero-order chi connectivity index (χ0) is 27.7. The first-order valence-corrected chi connectivity index (χ1v) is 12.5. The number of halogens is 3. The largest absolute Gasteiger partial charge is 0.573 e. The molecular weight excluding hydrogens is 531 g/mol. The lowest BCUT2D eigenvalue weighted by Gasteiger charge is -2.18. The highest BCUT2D eigenvalue weighted by Crippen LogP contribution is 2.29. The Morgan fingerprint density at radius 1 is 0.842 bits per heavy atom. The number of carbonyl (C=O) groups is 3. The molecule has 1 aliphatic heterocycles. The number of fused-ring (bicyclic) bond motifs is 1. The van der Waals surface area contributed by atoms with Crippen LogP contribution in [0.25, 0.3) is 0 Å². The Morgan fingerprint density at radius 3 is 1.79 bits per heavy atom. The van der Waals surface area contributed by atoms with E-state index in [2.05, 4.69) is 4.74 Å². The van der Waals surface area contributed by atoms with Crippen molar-refractivity contribution in [2.75, 3.05) is 6.54 Å². The van der Waals surface area contributed by atoms with E-state index in [4.69, 9.17) is 4.74 Å². The molecule has 0 saturated carbocycles. The number of hydrogen-bond donors (Lipinski definition) is 1. The van der Waals surface area contributed by atoms with E-state index >= 15 is 0 Å². The van der Waals surface area contributed by atoms with Gasteiger partial charge in [0.15, 0.2) is 15.1 Å². The van der Waals surface area contributed by atoms with Crippen molar-refractivity contribution in [1.29, 1.82) is 0 Å². The Balaban J connectivity index is 1.44. The van der Waals surface area contributed by atoms with Crippen LogP contribution in [0.1, 0.15) is 27.1 Å². The van der Waals surface area contributed by atoms with Gasteiger partial charge < -0.3 is 14.6 Å². The average Bonchev–Trinajstić information content (AvgIpc) is 3.09. The van der Waals surface area contributed by atoms with Crippen molar-refractivity contribution < 1.29 is 50.6 Å². The summed E-state index contributed by atoms with van der Waals surface area (Å²) in [4.78, 5) is 37.4. The lowest BCUT2D eigenvalue weighted by atomic mass is 10.1.